The second-order valence-corrected chi connectivity index (χ2v) is 4.05. The number of ether oxygens (including phenoxy) is 1. The minimum absolute atomic E-state index is 0.0673. The average Bonchev–Trinajstić information content (AvgIpc) is 2.17. The lowest BCUT2D eigenvalue weighted by molar-refractivity contribution is -0.126. The van der Waals surface area contributed by atoms with Crippen molar-refractivity contribution in [2.24, 2.45) is 5.92 Å². The lowest BCUT2D eigenvalue weighted by atomic mass is 10.1. The zero-order valence-corrected chi connectivity index (χ0v) is 10.1. The van der Waals surface area contributed by atoms with Gasteiger partial charge in [-0.3, -0.25) is 4.79 Å². The largest absolute Gasteiger partial charge is 0.372 e. The van der Waals surface area contributed by atoms with Gasteiger partial charge in [0.05, 0.1) is 6.61 Å². The molecule has 0 aliphatic carbocycles. The molecule has 0 aliphatic heterocycles. The third-order valence-corrected chi connectivity index (χ3v) is 2.15. The molecular formula is C12H23NO2. The van der Waals surface area contributed by atoms with Crippen LogP contribution in [0.1, 0.15) is 27.2 Å². The van der Waals surface area contributed by atoms with Gasteiger partial charge in [-0.1, -0.05) is 19.9 Å². The van der Waals surface area contributed by atoms with Gasteiger partial charge in [0.25, 0.3) is 0 Å². The van der Waals surface area contributed by atoms with E-state index in [9.17, 15) is 4.79 Å². The lowest BCUT2D eigenvalue weighted by Gasteiger charge is -2.11. The van der Waals surface area contributed by atoms with Crippen LogP contribution in [0.3, 0.4) is 0 Å². The first-order valence-corrected chi connectivity index (χ1v) is 5.52. The molecule has 0 heterocycles. The molecule has 3 nitrogen and oxygen atoms in total. The summed E-state index contributed by atoms with van der Waals surface area (Å²) in [7, 11) is 0. The van der Waals surface area contributed by atoms with Gasteiger partial charge in [-0.2, -0.15) is 0 Å². The van der Waals surface area contributed by atoms with Gasteiger partial charge in [0.15, 0.2) is 5.78 Å². The summed E-state index contributed by atoms with van der Waals surface area (Å²) in [4.78, 5) is 11.2. The molecule has 0 saturated carbocycles. The second-order valence-electron chi connectivity index (χ2n) is 4.05. The third-order valence-electron chi connectivity index (χ3n) is 2.15. The third kappa shape index (κ3) is 8.33. The van der Waals surface area contributed by atoms with E-state index < -0.39 is 0 Å². The first-order valence-electron chi connectivity index (χ1n) is 5.52. The van der Waals surface area contributed by atoms with Crippen molar-refractivity contribution in [3.05, 3.63) is 12.7 Å². The Morgan fingerprint density at radius 1 is 1.47 bits per heavy atom. The molecule has 1 unspecified atom stereocenters. The summed E-state index contributed by atoms with van der Waals surface area (Å²) >= 11 is 0. The van der Waals surface area contributed by atoms with E-state index in [4.69, 9.17) is 4.74 Å². The molecule has 0 aliphatic rings. The molecule has 1 atom stereocenters. The van der Waals surface area contributed by atoms with Gasteiger partial charge in [-0.05, 0) is 13.3 Å². The second kappa shape index (κ2) is 8.62. The number of Topliss-reactive ketones (excluding diaryl/α,β-unsaturated/α-hetero) is 1. The monoisotopic (exact) mass is 213 g/mol. The Morgan fingerprint density at radius 2 is 2.13 bits per heavy atom. The fourth-order valence-electron chi connectivity index (χ4n) is 1.05. The minimum atomic E-state index is 0.0673. The fraction of sp³-hybridized carbons (Fsp3) is 0.750. The summed E-state index contributed by atoms with van der Waals surface area (Å²) in [6.45, 7) is 11.1. The van der Waals surface area contributed by atoms with Crippen LogP contribution >= 0.6 is 0 Å². The molecule has 0 aromatic heterocycles. The molecular weight excluding hydrogens is 190 g/mol. The zero-order chi connectivity index (χ0) is 11.7. The highest BCUT2D eigenvalue weighted by Crippen LogP contribution is 1.94. The number of rotatable bonds is 9. The maximum atomic E-state index is 11.2. The highest BCUT2D eigenvalue weighted by Gasteiger charge is 2.06. The van der Waals surface area contributed by atoms with Gasteiger partial charge in [-0.15, -0.1) is 6.58 Å². The molecule has 0 amide bonds. The normalized spacial score (nSPS) is 12.8. The molecule has 0 spiro atoms. The molecule has 0 saturated heterocycles. The van der Waals surface area contributed by atoms with Crippen LogP contribution in [0, 0.1) is 5.92 Å². The number of hydrogen-bond donors (Lipinski definition) is 1. The van der Waals surface area contributed by atoms with E-state index in [1.165, 1.54) is 0 Å². The van der Waals surface area contributed by atoms with Crippen molar-refractivity contribution in [2.45, 2.75) is 33.2 Å². The predicted octanol–water partition coefficient (Wildman–Crippen LogP) is 1.78. The van der Waals surface area contributed by atoms with Crippen molar-refractivity contribution in [1.82, 2.24) is 5.32 Å². The van der Waals surface area contributed by atoms with Crippen molar-refractivity contribution >= 4 is 5.78 Å². The Kier molecular flexibility index (Phi) is 8.24. The van der Waals surface area contributed by atoms with Crippen LogP contribution in [0.15, 0.2) is 12.7 Å². The molecule has 0 aromatic carbocycles. The van der Waals surface area contributed by atoms with Crippen molar-refractivity contribution < 1.29 is 9.53 Å². The first kappa shape index (κ1) is 14.3. The topological polar surface area (TPSA) is 38.3 Å². The predicted molar refractivity (Wildman–Crippen MR) is 62.9 cm³/mol. The molecule has 15 heavy (non-hydrogen) atoms. The molecule has 0 radical (unpaired) electrons. The standard InChI is InChI=1S/C12H23NO2/c1-5-6-11(4)13-7-8-15-9-12(14)10(2)3/h5,10-11,13H,1,6-9H2,2-4H3. The Bertz CT molecular complexity index is 190. The van der Waals surface area contributed by atoms with Crippen LogP contribution in [0.2, 0.25) is 0 Å². The van der Waals surface area contributed by atoms with E-state index in [0.717, 1.165) is 13.0 Å². The zero-order valence-electron chi connectivity index (χ0n) is 10.1. The Hall–Kier alpha value is -0.670. The number of ketones is 1. The molecule has 0 rings (SSSR count). The van der Waals surface area contributed by atoms with Crippen LogP contribution < -0.4 is 5.32 Å². The number of carbonyl (C=O) groups is 1. The van der Waals surface area contributed by atoms with Crippen molar-refractivity contribution in [1.29, 1.82) is 0 Å². The maximum absolute atomic E-state index is 11.2. The fourth-order valence-corrected chi connectivity index (χ4v) is 1.05. The Labute approximate surface area is 92.9 Å². The van der Waals surface area contributed by atoms with Gasteiger partial charge in [0.1, 0.15) is 6.61 Å². The van der Waals surface area contributed by atoms with Crippen molar-refractivity contribution in [3.63, 3.8) is 0 Å². The van der Waals surface area contributed by atoms with Crippen LogP contribution in [0.25, 0.3) is 0 Å². The van der Waals surface area contributed by atoms with E-state index in [2.05, 4.69) is 18.8 Å². The van der Waals surface area contributed by atoms with E-state index in [-0.39, 0.29) is 18.3 Å². The van der Waals surface area contributed by atoms with Gasteiger partial charge in [0, 0.05) is 18.5 Å². The van der Waals surface area contributed by atoms with Gasteiger partial charge >= 0.3 is 0 Å². The Balaban J connectivity index is 3.32. The molecule has 0 fully saturated rings. The summed E-state index contributed by atoms with van der Waals surface area (Å²) in [5, 5.41) is 3.28. The summed E-state index contributed by atoms with van der Waals surface area (Å²) in [6, 6.07) is 0.423. The molecule has 3 heteroatoms. The molecule has 1 N–H and O–H groups in total. The van der Waals surface area contributed by atoms with Gasteiger partial charge in [0.2, 0.25) is 0 Å². The SMILES string of the molecule is C=CCC(C)NCCOCC(=O)C(C)C. The first-order chi connectivity index (χ1) is 7.07. The van der Waals surface area contributed by atoms with E-state index in [0.29, 0.717) is 12.6 Å². The molecule has 0 bridgehead atoms. The Morgan fingerprint density at radius 3 is 2.67 bits per heavy atom. The average molecular weight is 213 g/mol. The molecule has 88 valence electrons. The van der Waals surface area contributed by atoms with Crippen LogP contribution in [0.5, 0.6) is 0 Å². The van der Waals surface area contributed by atoms with E-state index >= 15 is 0 Å². The number of nitrogens with one attached hydrogen (secondary N) is 1. The highest BCUT2D eigenvalue weighted by atomic mass is 16.5. The summed E-state index contributed by atoms with van der Waals surface area (Å²) in [5.74, 6) is 0.229. The van der Waals surface area contributed by atoms with Crippen LogP contribution in [0.4, 0.5) is 0 Å². The van der Waals surface area contributed by atoms with Crippen LogP contribution in [-0.2, 0) is 9.53 Å². The van der Waals surface area contributed by atoms with Gasteiger partial charge in [-0.25, -0.2) is 0 Å². The van der Waals surface area contributed by atoms with Crippen LogP contribution in [-0.4, -0.2) is 31.6 Å². The lowest BCUT2D eigenvalue weighted by Crippen LogP contribution is -2.29. The minimum Gasteiger partial charge on any atom is -0.372 e. The summed E-state index contributed by atoms with van der Waals surface area (Å²) < 4.78 is 5.25. The quantitative estimate of drug-likeness (QED) is 0.469. The number of hydrogen-bond acceptors (Lipinski definition) is 3. The maximum Gasteiger partial charge on any atom is 0.160 e. The van der Waals surface area contributed by atoms with E-state index in [1.54, 1.807) is 0 Å². The smallest absolute Gasteiger partial charge is 0.160 e. The molecule has 0 aromatic rings. The van der Waals surface area contributed by atoms with Crippen molar-refractivity contribution in [2.75, 3.05) is 19.8 Å². The highest BCUT2D eigenvalue weighted by molar-refractivity contribution is 5.81. The summed E-state index contributed by atoms with van der Waals surface area (Å²) in [6.07, 6.45) is 2.84. The van der Waals surface area contributed by atoms with Crippen molar-refractivity contribution in [3.8, 4) is 0 Å². The van der Waals surface area contributed by atoms with E-state index in [1.807, 2.05) is 19.9 Å². The summed E-state index contributed by atoms with van der Waals surface area (Å²) in [5.41, 5.74) is 0. The number of carbonyl (C=O) groups excluding carboxylic acids is 1. The van der Waals surface area contributed by atoms with Gasteiger partial charge < -0.3 is 10.1 Å².